The third-order valence-corrected chi connectivity index (χ3v) is 13.1. The number of rotatable bonds is 17. The van der Waals surface area contributed by atoms with Crippen LogP contribution in [-0.2, 0) is 72.4 Å². The summed E-state index contributed by atoms with van der Waals surface area (Å²) in [7, 11) is -5.37. The molecule has 5 amide bonds. The minimum Gasteiger partial charge on any atom is -0.724 e. The molecule has 2 saturated heterocycles. The number of carbonyl (C=O) groups excluding carboxylic acids is 6. The monoisotopic (exact) mass is 1130 g/mol. The molecule has 0 radical (unpaired) electrons. The van der Waals surface area contributed by atoms with E-state index in [0.717, 1.165) is 28.0 Å². The molecule has 0 bridgehead atoms. The lowest BCUT2D eigenvalue weighted by atomic mass is 9.84. The molecule has 2 aromatic heterocycles. The van der Waals surface area contributed by atoms with Crippen molar-refractivity contribution in [3.8, 4) is 16.9 Å². The molecule has 3 aromatic rings. The first-order chi connectivity index (χ1) is 35.8. The highest BCUT2D eigenvalue weighted by molar-refractivity contribution is 7.80. The van der Waals surface area contributed by atoms with Crippen LogP contribution in [0.5, 0.6) is 5.75 Å². The van der Waals surface area contributed by atoms with Crippen molar-refractivity contribution in [2.24, 2.45) is 11.1 Å². The number of amides is 5. The van der Waals surface area contributed by atoms with Gasteiger partial charge in [-0.1, -0.05) is 11.2 Å². The number of oxime groups is 1. The molecule has 78 heavy (non-hydrogen) atoms. The number of likely N-dealkylation sites (tertiary alicyclic amines) is 1. The van der Waals surface area contributed by atoms with Crippen molar-refractivity contribution in [3.05, 3.63) is 47.2 Å². The number of aryl methyl sites for hydroxylation is 2. The van der Waals surface area contributed by atoms with Crippen LogP contribution < -0.4 is 25.4 Å². The second-order valence-corrected chi connectivity index (χ2v) is 25.8. The molecule has 6 rings (SSSR count). The molecule has 0 saturated carbocycles. The van der Waals surface area contributed by atoms with Crippen molar-refractivity contribution >= 4 is 68.6 Å². The maximum Gasteiger partial charge on any atom is 0.413 e. The van der Waals surface area contributed by atoms with Gasteiger partial charge in [0.2, 0.25) is 16.6 Å². The molecule has 27 heteroatoms. The first-order valence-corrected chi connectivity index (χ1v) is 27.6. The van der Waals surface area contributed by atoms with Gasteiger partial charge in [0.05, 0.1) is 29.8 Å². The van der Waals surface area contributed by atoms with Gasteiger partial charge in [-0.15, -0.1) is 16.0 Å². The summed E-state index contributed by atoms with van der Waals surface area (Å²) in [6.07, 6.45) is 2.43. The average molecular weight is 1130 g/mol. The first-order valence-electron chi connectivity index (χ1n) is 25.4. The Morgan fingerprint density at radius 3 is 2.13 bits per heavy atom. The molecule has 1 aromatic carbocycles. The Morgan fingerprint density at radius 1 is 0.897 bits per heavy atom. The minimum atomic E-state index is -5.37. The summed E-state index contributed by atoms with van der Waals surface area (Å²) in [5.74, 6) is -2.46. The summed E-state index contributed by atoms with van der Waals surface area (Å²) < 4.78 is 71.4. The highest BCUT2D eigenvalue weighted by Gasteiger charge is 2.58. The first kappa shape index (κ1) is 60.6. The number of fused-ring (bicyclic) bond motifs is 1. The number of nitrogens with one attached hydrogen (secondary N) is 3. The van der Waals surface area contributed by atoms with Crippen LogP contribution in [0.15, 0.2) is 41.1 Å². The predicted molar refractivity (Wildman–Crippen MR) is 280 cm³/mol. The van der Waals surface area contributed by atoms with Gasteiger partial charge in [0, 0.05) is 25.0 Å². The Morgan fingerprint density at radius 2 is 1.53 bits per heavy atom. The molecule has 0 unspecified atom stereocenters. The van der Waals surface area contributed by atoms with Crippen molar-refractivity contribution in [1.82, 2.24) is 30.3 Å². The number of esters is 1. The van der Waals surface area contributed by atoms with Gasteiger partial charge in [-0.2, -0.15) is 14.0 Å². The largest absolute Gasteiger partial charge is 0.724 e. The van der Waals surface area contributed by atoms with Crippen molar-refractivity contribution < 1.29 is 79.2 Å². The maximum atomic E-state index is 14.4. The molecule has 5 heterocycles. The van der Waals surface area contributed by atoms with Gasteiger partial charge < -0.3 is 48.6 Å². The maximum absolute atomic E-state index is 14.4. The third kappa shape index (κ3) is 16.0. The Kier molecular flexibility index (Phi) is 17.6. The summed E-state index contributed by atoms with van der Waals surface area (Å²) >= 11 is 0.889. The van der Waals surface area contributed by atoms with Crippen molar-refractivity contribution in [3.63, 3.8) is 0 Å². The zero-order valence-electron chi connectivity index (χ0n) is 46.9. The van der Waals surface area contributed by atoms with E-state index in [0.29, 0.717) is 56.4 Å². The zero-order valence-corrected chi connectivity index (χ0v) is 48.5. The summed E-state index contributed by atoms with van der Waals surface area (Å²) in [5.41, 5.74) is -4.97. The van der Waals surface area contributed by atoms with Crippen LogP contribution in [0, 0.1) is 5.92 Å². The number of carbonyl (C=O) groups is 6. The van der Waals surface area contributed by atoms with Gasteiger partial charge in [-0.3, -0.25) is 14.9 Å². The smallest absolute Gasteiger partial charge is 0.413 e. The van der Waals surface area contributed by atoms with Crippen LogP contribution in [0.1, 0.15) is 128 Å². The minimum absolute atomic E-state index is 0.0227. The fourth-order valence-electron chi connectivity index (χ4n) is 8.33. The Hall–Kier alpha value is -6.58. The topological polar surface area (TPSA) is 301 Å². The van der Waals surface area contributed by atoms with Crippen LogP contribution in [-0.4, -0.2) is 140 Å². The van der Waals surface area contributed by atoms with Crippen LogP contribution in [0.2, 0.25) is 0 Å². The van der Waals surface area contributed by atoms with Gasteiger partial charge in [0.1, 0.15) is 39.9 Å². The van der Waals surface area contributed by atoms with Crippen LogP contribution >= 0.6 is 11.3 Å². The highest BCUT2D eigenvalue weighted by Crippen LogP contribution is 2.38. The van der Waals surface area contributed by atoms with E-state index in [-0.39, 0.29) is 29.3 Å². The van der Waals surface area contributed by atoms with Crippen LogP contribution in [0.3, 0.4) is 0 Å². The number of ether oxygens (including phenoxy) is 5. The van der Waals surface area contributed by atoms with Gasteiger partial charge in [0.15, 0.2) is 23.5 Å². The van der Waals surface area contributed by atoms with Gasteiger partial charge in [0.25, 0.3) is 17.4 Å². The van der Waals surface area contributed by atoms with E-state index in [2.05, 4.69) is 39.7 Å². The van der Waals surface area contributed by atoms with E-state index in [4.69, 9.17) is 28.5 Å². The number of nitrogens with zero attached hydrogens (tertiary/aromatic N) is 6. The number of alkyl carbamates (subject to hydrolysis) is 1. The normalized spacial score (nSPS) is 18.7. The summed E-state index contributed by atoms with van der Waals surface area (Å²) in [5, 5.41) is 13.6. The number of anilines is 1. The predicted octanol–water partition coefficient (Wildman–Crippen LogP) is 5.74. The van der Waals surface area contributed by atoms with E-state index >= 15 is 0 Å². The standard InChI is InChI=1S/C51H73N9O16S2/c1-46(2,3)71-41(63)51(15,75-56-37(34-29-77-42(53-34)55-44(65)73-48(7,8)9)39(61)54-38-40(62)60(50(38,13)14)76-78(67,68)69)36-20-18-32-23-31(17-19-35(32)70-36)33-27-58(22-16-21-52-43(64)72-47(4,5)6)59(28-33)26-30-24-57(25-30)45(66)74-49(10,11)12/h17,19,23,27-30,36,38H,16,18,20-22,24-26H2,1-15H3,(H3-,52,53,54,55,61,64,65,67,68,69)/b56-37-/t36-,38-,51+/m1/s1. The molecule has 25 nitrogen and oxygen atoms in total. The second-order valence-electron chi connectivity index (χ2n) is 24.0. The molecule has 3 aliphatic rings. The number of β-lactam (4-membered cyclic amide) rings is 1. The number of hydroxylamine groups is 2. The van der Waals surface area contributed by atoms with E-state index in [1.807, 2.05) is 45.3 Å². The number of benzene rings is 1. The van der Waals surface area contributed by atoms with Crippen molar-refractivity contribution in [2.45, 2.75) is 182 Å². The molecule has 2 fully saturated rings. The van der Waals surface area contributed by atoms with E-state index < -0.39 is 91.8 Å². The van der Waals surface area contributed by atoms with Crippen molar-refractivity contribution in [1.29, 1.82) is 0 Å². The second kappa shape index (κ2) is 22.6. The lowest BCUT2D eigenvalue weighted by Crippen LogP contribution is -2.76. The average Bonchev–Trinajstić information content (AvgIpc) is 3.90. The van der Waals surface area contributed by atoms with Gasteiger partial charge in [-0.25, -0.2) is 32.6 Å². The van der Waals surface area contributed by atoms with E-state index in [9.17, 15) is 41.7 Å². The van der Waals surface area contributed by atoms with Crippen LogP contribution in [0.4, 0.5) is 19.5 Å². The summed E-state index contributed by atoms with van der Waals surface area (Å²) in [4.78, 5) is 91.6. The van der Waals surface area contributed by atoms with Crippen molar-refractivity contribution in [2.75, 3.05) is 25.0 Å². The van der Waals surface area contributed by atoms with Gasteiger partial charge >= 0.3 is 24.2 Å². The summed E-state index contributed by atoms with van der Waals surface area (Å²) in [6, 6.07) is 4.20. The third-order valence-electron chi connectivity index (χ3n) is 12.0. The Balaban J connectivity index is 1.27. The molecule has 3 atom stereocenters. The number of aromatic nitrogens is 3. The molecule has 0 spiro atoms. The SMILES string of the molecule is CC(C)(C)OC(=O)NCCCn1cc(-c2ccc3c(c2)CC[C@H]([C@](C)(O/N=C(\C(=O)N[C@@H]2C(=O)N(OS(=O)(=O)[O-])C2(C)C)c2csc(NC(=O)OC(C)(C)C)n2)C(=O)OC(C)(C)C)O3)c[n+]1CC1CN(C(=O)OC(C)(C)C)C1. The lowest BCUT2D eigenvalue weighted by molar-refractivity contribution is -0.781. The number of thiazole rings is 1. The Labute approximate surface area is 458 Å². The fourth-order valence-corrected chi connectivity index (χ4v) is 9.46. The molecular weight excluding hydrogens is 1060 g/mol. The van der Waals surface area contributed by atoms with E-state index in [1.165, 1.54) is 26.2 Å². The zero-order chi connectivity index (χ0) is 58.1. The van der Waals surface area contributed by atoms with E-state index in [1.54, 1.807) is 73.3 Å². The molecule has 3 aliphatic heterocycles. The Bertz CT molecular complexity index is 2900. The molecule has 0 aliphatic carbocycles. The number of hydrogen-bond acceptors (Lipinski definition) is 19. The van der Waals surface area contributed by atoms with Gasteiger partial charge in [-0.05, 0) is 146 Å². The quantitative estimate of drug-likeness (QED) is 0.0167. The molecule has 430 valence electrons. The highest BCUT2D eigenvalue weighted by atomic mass is 32.3. The molecule has 3 N–H and O–H groups in total. The van der Waals surface area contributed by atoms with Crippen LogP contribution in [0.25, 0.3) is 11.1 Å². The lowest BCUT2D eigenvalue weighted by Gasteiger charge is -2.51. The fraction of sp³-hybridized carbons (Fsp3) is 0.627. The summed E-state index contributed by atoms with van der Waals surface area (Å²) in [6.45, 7) is 27.5. The number of hydrogen-bond donors (Lipinski definition) is 3. The molecular formula is C51H73N9O16S2.